The number of benzene rings is 2. The molecule has 1 nitrogen and oxygen atoms in total. The van der Waals surface area contributed by atoms with Gasteiger partial charge in [0.15, 0.2) is 0 Å². The van der Waals surface area contributed by atoms with E-state index in [0.717, 1.165) is 31.6 Å². The summed E-state index contributed by atoms with van der Waals surface area (Å²) in [6.07, 6.45) is 0.861. The topological polar surface area (TPSA) is 12.9 Å². The molecule has 0 aliphatic heterocycles. The van der Waals surface area contributed by atoms with Gasteiger partial charge in [0, 0.05) is 26.3 Å². The SMILES string of the molecule is Brc1cccc(-c2csc(Cc3ccccc3Br)n2)c1. The van der Waals surface area contributed by atoms with Crippen molar-refractivity contribution in [1.29, 1.82) is 0 Å². The summed E-state index contributed by atoms with van der Waals surface area (Å²) in [5.74, 6) is 0. The fraction of sp³-hybridized carbons (Fsp3) is 0.0625. The Bertz CT molecular complexity index is 737. The number of rotatable bonds is 3. The summed E-state index contributed by atoms with van der Waals surface area (Å²) in [6, 6.07) is 16.5. The Morgan fingerprint density at radius 3 is 2.65 bits per heavy atom. The number of hydrogen-bond donors (Lipinski definition) is 0. The van der Waals surface area contributed by atoms with Crippen molar-refractivity contribution in [2.24, 2.45) is 0 Å². The highest BCUT2D eigenvalue weighted by molar-refractivity contribution is 9.10. The minimum atomic E-state index is 0.861. The van der Waals surface area contributed by atoms with Gasteiger partial charge in [-0.2, -0.15) is 0 Å². The van der Waals surface area contributed by atoms with Gasteiger partial charge in [0.2, 0.25) is 0 Å². The van der Waals surface area contributed by atoms with Crippen molar-refractivity contribution in [3.05, 3.63) is 73.4 Å². The zero-order valence-electron chi connectivity index (χ0n) is 10.5. The monoisotopic (exact) mass is 407 g/mol. The van der Waals surface area contributed by atoms with Gasteiger partial charge in [0.1, 0.15) is 0 Å². The highest BCUT2D eigenvalue weighted by Gasteiger charge is 2.07. The van der Waals surface area contributed by atoms with Crippen LogP contribution in [0.1, 0.15) is 10.6 Å². The minimum Gasteiger partial charge on any atom is -0.241 e. The van der Waals surface area contributed by atoms with Gasteiger partial charge in [-0.15, -0.1) is 11.3 Å². The van der Waals surface area contributed by atoms with Crippen LogP contribution in [0.15, 0.2) is 62.9 Å². The Hall–Kier alpha value is -0.970. The molecule has 100 valence electrons. The van der Waals surface area contributed by atoms with Crippen LogP contribution in [0.5, 0.6) is 0 Å². The molecule has 0 N–H and O–H groups in total. The van der Waals surface area contributed by atoms with E-state index < -0.39 is 0 Å². The van der Waals surface area contributed by atoms with Gasteiger partial charge in [0.05, 0.1) is 10.7 Å². The zero-order valence-corrected chi connectivity index (χ0v) is 14.5. The van der Waals surface area contributed by atoms with Crippen LogP contribution >= 0.6 is 43.2 Å². The maximum absolute atomic E-state index is 4.73. The van der Waals surface area contributed by atoms with E-state index in [-0.39, 0.29) is 0 Å². The molecular formula is C16H11Br2NS. The lowest BCUT2D eigenvalue weighted by molar-refractivity contribution is 1.13. The molecule has 0 aliphatic carbocycles. The van der Waals surface area contributed by atoms with Gasteiger partial charge < -0.3 is 0 Å². The lowest BCUT2D eigenvalue weighted by atomic mass is 10.1. The summed E-state index contributed by atoms with van der Waals surface area (Å²) >= 11 is 8.79. The highest BCUT2D eigenvalue weighted by atomic mass is 79.9. The number of halogens is 2. The predicted octanol–water partition coefficient (Wildman–Crippen LogP) is 5.93. The number of hydrogen-bond acceptors (Lipinski definition) is 2. The second-order valence-corrected chi connectivity index (χ2v) is 7.12. The fourth-order valence-electron chi connectivity index (χ4n) is 1.98. The molecule has 2 aromatic carbocycles. The van der Waals surface area contributed by atoms with E-state index in [1.807, 2.05) is 18.2 Å². The quantitative estimate of drug-likeness (QED) is 0.523. The molecule has 0 unspecified atom stereocenters. The summed E-state index contributed by atoms with van der Waals surface area (Å²) in [7, 11) is 0. The molecule has 0 fully saturated rings. The lowest BCUT2D eigenvalue weighted by Crippen LogP contribution is -1.88. The molecule has 0 radical (unpaired) electrons. The average Bonchev–Trinajstić information content (AvgIpc) is 2.90. The Morgan fingerprint density at radius 1 is 1.00 bits per heavy atom. The van der Waals surface area contributed by atoms with E-state index in [4.69, 9.17) is 4.98 Å². The number of aromatic nitrogens is 1. The van der Waals surface area contributed by atoms with E-state index >= 15 is 0 Å². The van der Waals surface area contributed by atoms with E-state index in [1.54, 1.807) is 11.3 Å². The first-order valence-corrected chi connectivity index (χ1v) is 8.63. The van der Waals surface area contributed by atoms with E-state index in [1.165, 1.54) is 5.56 Å². The molecule has 1 heterocycles. The first kappa shape index (κ1) is 14.0. The first-order chi connectivity index (χ1) is 9.72. The molecular weight excluding hydrogens is 398 g/mol. The maximum atomic E-state index is 4.73. The first-order valence-electron chi connectivity index (χ1n) is 6.16. The molecule has 0 saturated carbocycles. The lowest BCUT2D eigenvalue weighted by Gasteiger charge is -2.01. The van der Waals surface area contributed by atoms with E-state index in [9.17, 15) is 0 Å². The third-order valence-electron chi connectivity index (χ3n) is 2.97. The van der Waals surface area contributed by atoms with Crippen LogP contribution in [0.25, 0.3) is 11.3 Å². The standard InChI is InChI=1S/C16H11Br2NS/c17-13-6-3-5-12(8-13)15-10-20-16(19-15)9-11-4-1-2-7-14(11)18/h1-8,10H,9H2. The highest BCUT2D eigenvalue weighted by Crippen LogP contribution is 2.27. The van der Waals surface area contributed by atoms with Crippen molar-refractivity contribution < 1.29 is 0 Å². The summed E-state index contributed by atoms with van der Waals surface area (Å²) < 4.78 is 2.22. The predicted molar refractivity (Wildman–Crippen MR) is 92.2 cm³/mol. The molecule has 1 aromatic heterocycles. The molecule has 3 rings (SSSR count). The van der Waals surface area contributed by atoms with Crippen molar-refractivity contribution in [3.63, 3.8) is 0 Å². The van der Waals surface area contributed by atoms with Crippen molar-refractivity contribution in [3.8, 4) is 11.3 Å². The Morgan fingerprint density at radius 2 is 1.85 bits per heavy atom. The minimum absolute atomic E-state index is 0.861. The Kier molecular flexibility index (Phi) is 4.34. The number of thiazole rings is 1. The van der Waals surface area contributed by atoms with Crippen LogP contribution in [0.4, 0.5) is 0 Å². The zero-order chi connectivity index (χ0) is 13.9. The van der Waals surface area contributed by atoms with Gasteiger partial charge >= 0.3 is 0 Å². The molecule has 0 aliphatic rings. The number of nitrogens with zero attached hydrogens (tertiary/aromatic N) is 1. The van der Waals surface area contributed by atoms with Gasteiger partial charge in [-0.05, 0) is 23.8 Å². The molecule has 0 spiro atoms. The smallest absolute Gasteiger partial charge is 0.0976 e. The summed E-state index contributed by atoms with van der Waals surface area (Å²) in [6.45, 7) is 0. The summed E-state index contributed by atoms with van der Waals surface area (Å²) in [5.41, 5.74) is 3.45. The second kappa shape index (κ2) is 6.20. The van der Waals surface area contributed by atoms with Crippen LogP contribution in [-0.4, -0.2) is 4.98 Å². The van der Waals surface area contributed by atoms with E-state index in [0.29, 0.717) is 0 Å². The molecule has 0 amide bonds. The maximum Gasteiger partial charge on any atom is 0.0976 e. The molecule has 4 heteroatoms. The van der Waals surface area contributed by atoms with Crippen molar-refractivity contribution in [2.75, 3.05) is 0 Å². The Balaban J connectivity index is 1.86. The third-order valence-corrected chi connectivity index (χ3v) is 5.09. The van der Waals surface area contributed by atoms with Crippen molar-refractivity contribution in [1.82, 2.24) is 4.98 Å². The largest absolute Gasteiger partial charge is 0.241 e. The Labute approximate surface area is 139 Å². The second-order valence-electron chi connectivity index (χ2n) is 4.41. The van der Waals surface area contributed by atoms with Crippen LogP contribution in [-0.2, 0) is 6.42 Å². The van der Waals surface area contributed by atoms with Gasteiger partial charge in [-0.1, -0.05) is 62.2 Å². The summed E-state index contributed by atoms with van der Waals surface area (Å²) in [4.78, 5) is 4.73. The van der Waals surface area contributed by atoms with Crippen LogP contribution in [0.2, 0.25) is 0 Å². The fourth-order valence-corrected chi connectivity index (χ4v) is 3.63. The van der Waals surface area contributed by atoms with Gasteiger partial charge in [-0.25, -0.2) is 4.98 Å². The molecule has 0 saturated heterocycles. The van der Waals surface area contributed by atoms with Crippen LogP contribution in [0.3, 0.4) is 0 Å². The van der Waals surface area contributed by atoms with Crippen molar-refractivity contribution in [2.45, 2.75) is 6.42 Å². The average molecular weight is 409 g/mol. The van der Waals surface area contributed by atoms with E-state index in [2.05, 4.69) is 67.6 Å². The molecule has 20 heavy (non-hydrogen) atoms. The van der Waals surface area contributed by atoms with Gasteiger partial charge in [-0.3, -0.25) is 0 Å². The van der Waals surface area contributed by atoms with Crippen LogP contribution < -0.4 is 0 Å². The molecule has 3 aromatic rings. The van der Waals surface area contributed by atoms with Gasteiger partial charge in [0.25, 0.3) is 0 Å². The third kappa shape index (κ3) is 3.19. The van der Waals surface area contributed by atoms with Crippen LogP contribution in [0, 0.1) is 0 Å². The summed E-state index contributed by atoms with van der Waals surface area (Å²) in [5, 5.41) is 3.25. The normalized spacial score (nSPS) is 10.7. The molecule has 0 atom stereocenters. The van der Waals surface area contributed by atoms with Crippen molar-refractivity contribution >= 4 is 43.2 Å². The molecule has 0 bridgehead atoms.